The average Bonchev–Trinajstić information content (AvgIpc) is 3.47. The predicted octanol–water partition coefficient (Wildman–Crippen LogP) is 12.9. The van der Waals surface area contributed by atoms with Gasteiger partial charge in [0, 0.05) is 41.0 Å². The van der Waals surface area contributed by atoms with Gasteiger partial charge in [-0.15, -0.1) is 0 Å². The molecule has 0 heterocycles. The number of phosphoric ester groups is 1. The van der Waals surface area contributed by atoms with Crippen LogP contribution in [0, 0.1) is 0 Å². The second kappa shape index (κ2) is 27.8. The van der Waals surface area contributed by atoms with Crippen molar-refractivity contribution in [1.29, 1.82) is 0 Å². The number of benzene rings is 7. The molecule has 0 aliphatic rings. The van der Waals surface area contributed by atoms with E-state index in [9.17, 15) is 23.8 Å². The van der Waals surface area contributed by atoms with Gasteiger partial charge in [-0.05, 0) is 156 Å². The molecule has 0 bridgehead atoms. The van der Waals surface area contributed by atoms with E-state index in [1.807, 2.05) is 88.9 Å². The lowest BCUT2D eigenvalue weighted by molar-refractivity contribution is -0.870. The molecule has 414 valence electrons. The van der Waals surface area contributed by atoms with Gasteiger partial charge in [-0.1, -0.05) is 38.1 Å². The number of quaternary nitrogens is 1. The molecule has 0 saturated heterocycles. The fourth-order valence-electron chi connectivity index (χ4n) is 7.50. The molecule has 7 rings (SSSR count). The molecule has 0 fully saturated rings. The Morgan fingerprint density at radius 3 is 1.35 bits per heavy atom. The van der Waals surface area contributed by atoms with Crippen molar-refractivity contribution >= 4 is 47.9 Å². The van der Waals surface area contributed by atoms with Crippen LogP contribution in [0.1, 0.15) is 56.0 Å². The molecular weight excluding hydrogens is 1050 g/mol. The minimum absolute atomic E-state index is 0.0505. The Bertz CT molecular complexity index is 3150. The highest BCUT2D eigenvalue weighted by Crippen LogP contribution is 2.43. The van der Waals surface area contributed by atoms with E-state index < -0.39 is 19.0 Å². The molecule has 1 atom stereocenters. The Hall–Kier alpha value is -7.57. The molecule has 1 unspecified atom stereocenters. The molecule has 0 aromatic heterocycles. The maximum Gasteiger partial charge on any atom is 0.472 e. The number of carbonyl (C=O) groups is 3. The van der Waals surface area contributed by atoms with Crippen molar-refractivity contribution in [2.45, 2.75) is 19.3 Å². The molecule has 79 heavy (non-hydrogen) atoms. The predicted molar refractivity (Wildman–Crippen MR) is 302 cm³/mol. The first-order chi connectivity index (χ1) is 37.8. The van der Waals surface area contributed by atoms with Crippen LogP contribution < -0.4 is 29.6 Å². The quantitative estimate of drug-likeness (QED) is 0.0132. The van der Waals surface area contributed by atoms with Crippen molar-refractivity contribution in [2.75, 3.05) is 91.6 Å². The van der Waals surface area contributed by atoms with Gasteiger partial charge in [0.1, 0.15) is 65.8 Å². The highest BCUT2D eigenvalue weighted by Gasteiger charge is 2.24. The summed E-state index contributed by atoms with van der Waals surface area (Å²) in [6.07, 6.45) is 0. The number of anilines is 2. The number of nitrogens with zero attached hydrogens (tertiary/aromatic N) is 1. The van der Waals surface area contributed by atoms with E-state index in [1.54, 1.807) is 97.1 Å². The molecular formula is C60H64ClN3O14P+. The average molecular weight is 1120 g/mol. The highest BCUT2D eigenvalue weighted by atomic mass is 35.5. The topological polar surface area (TPSA) is 196 Å². The van der Waals surface area contributed by atoms with Gasteiger partial charge in [-0.3, -0.25) is 18.6 Å². The summed E-state index contributed by atoms with van der Waals surface area (Å²) in [5, 5.41) is 5.45. The lowest BCUT2D eigenvalue weighted by Crippen LogP contribution is -2.37. The Kier molecular flexibility index (Phi) is 20.8. The summed E-state index contributed by atoms with van der Waals surface area (Å²) in [6, 6.07) is 48.0. The summed E-state index contributed by atoms with van der Waals surface area (Å²) in [5.41, 5.74) is 4.25. The third-order valence-electron chi connectivity index (χ3n) is 12.0. The monoisotopic (exact) mass is 1120 g/mol. The third kappa shape index (κ3) is 18.8. The molecule has 0 saturated carbocycles. The number of rotatable bonds is 29. The molecule has 0 spiro atoms. The van der Waals surface area contributed by atoms with E-state index in [-0.39, 0.29) is 63.1 Å². The van der Waals surface area contributed by atoms with Gasteiger partial charge in [-0.2, -0.15) is 0 Å². The van der Waals surface area contributed by atoms with Crippen molar-refractivity contribution in [3.63, 3.8) is 0 Å². The first-order valence-electron chi connectivity index (χ1n) is 25.2. The van der Waals surface area contributed by atoms with Crippen LogP contribution in [0.15, 0.2) is 164 Å². The summed E-state index contributed by atoms with van der Waals surface area (Å²) in [5.74, 6) is 3.07. The number of esters is 1. The number of hydrogen-bond acceptors (Lipinski definition) is 14. The Morgan fingerprint density at radius 2 is 0.899 bits per heavy atom. The van der Waals surface area contributed by atoms with Crippen LogP contribution in [0.4, 0.5) is 11.4 Å². The van der Waals surface area contributed by atoms with Gasteiger partial charge >= 0.3 is 13.8 Å². The van der Waals surface area contributed by atoms with E-state index in [4.69, 9.17) is 53.8 Å². The number of phosphoric acid groups is 1. The van der Waals surface area contributed by atoms with Crippen molar-refractivity contribution in [3.05, 3.63) is 192 Å². The summed E-state index contributed by atoms with van der Waals surface area (Å²) in [6.45, 7) is 5.21. The number of ether oxygens (including phenoxy) is 7. The van der Waals surface area contributed by atoms with Crippen LogP contribution in [0.2, 0.25) is 0 Å². The second-order valence-electron chi connectivity index (χ2n) is 19.4. The van der Waals surface area contributed by atoms with E-state index >= 15 is 0 Å². The number of halogens is 1. The summed E-state index contributed by atoms with van der Waals surface area (Å²) < 4.78 is 63.3. The van der Waals surface area contributed by atoms with Gasteiger partial charge < -0.3 is 53.2 Å². The molecule has 7 aromatic carbocycles. The third-order valence-corrected chi connectivity index (χ3v) is 13.2. The van der Waals surface area contributed by atoms with E-state index in [0.29, 0.717) is 73.8 Å². The van der Waals surface area contributed by atoms with Crippen molar-refractivity contribution < 1.29 is 70.5 Å². The van der Waals surface area contributed by atoms with Gasteiger partial charge in [-0.25, -0.2) is 9.36 Å². The smallest absolute Gasteiger partial charge is 0.460 e. The molecule has 0 radical (unpaired) electrons. The molecule has 7 aromatic rings. The number of nitrogens with one attached hydrogen (secondary N) is 2. The van der Waals surface area contributed by atoms with Gasteiger partial charge in [0.2, 0.25) is 0 Å². The van der Waals surface area contributed by atoms with Crippen LogP contribution in [-0.2, 0) is 33.2 Å². The fourth-order valence-corrected chi connectivity index (χ4v) is 8.32. The van der Waals surface area contributed by atoms with E-state index in [0.717, 1.165) is 16.8 Å². The molecule has 0 aliphatic carbocycles. The SMILES string of the molecule is CNc1ccc(Oc2cc(Oc3ccc(NC(=O)c4ccc(Oc5ccc(C(C)(C)c6ccc(Oc7ccc(C(=O)Cl)cc7)cc6)cc5)cc4)cc3)cc(C(=O)OCCOCCOCCOP(=O)(O)OCC[N+](C)(C)C)c2)cc1. The number of likely N-dealkylation sites (N-methyl/N-ethyl adjacent to an activating group) is 1. The Labute approximate surface area is 465 Å². The minimum Gasteiger partial charge on any atom is -0.460 e. The van der Waals surface area contributed by atoms with Crippen LogP contribution in [0.3, 0.4) is 0 Å². The normalized spacial score (nSPS) is 12.2. The largest absolute Gasteiger partial charge is 0.472 e. The number of amides is 1. The Morgan fingerprint density at radius 1 is 0.506 bits per heavy atom. The summed E-state index contributed by atoms with van der Waals surface area (Å²) in [7, 11) is 3.46. The zero-order valence-corrected chi connectivity index (χ0v) is 46.4. The molecule has 0 aliphatic heterocycles. The van der Waals surface area contributed by atoms with Gasteiger partial charge in [0.15, 0.2) is 0 Å². The second-order valence-corrected chi connectivity index (χ2v) is 21.2. The Balaban J connectivity index is 0.873. The minimum atomic E-state index is -4.18. The molecule has 1 amide bonds. The van der Waals surface area contributed by atoms with Gasteiger partial charge in [0.05, 0.1) is 59.7 Å². The number of hydrogen-bond donors (Lipinski definition) is 3. The lowest BCUT2D eigenvalue weighted by Gasteiger charge is -2.26. The van der Waals surface area contributed by atoms with Crippen molar-refractivity contribution in [1.82, 2.24) is 0 Å². The maximum absolute atomic E-state index is 13.3. The zero-order chi connectivity index (χ0) is 56.4. The first-order valence-corrected chi connectivity index (χ1v) is 27.1. The standard InChI is InChI=1S/C60H63ClN3O14P/c1-60(2,45-11-23-51(24-12-45)75-49-19-7-42(8-20-49)57(61)65)46-13-25-52(26-14-46)76-50-21-9-43(10-22-50)58(66)63-48-17-29-54(30-18-48)78-56-40-44(39-55(41-56)77-53-27-15-47(62-3)16-28-53)59(67)72-37-35-70-33-34-71-36-38-74-79(68,69)73-32-31-64(4,5)6/h7-30,39-41,62H,31-38H2,1-6H3,(H-,63,66,68,69)/p+1. The van der Waals surface area contributed by atoms with Crippen LogP contribution in [-0.4, -0.2) is 107 Å². The van der Waals surface area contributed by atoms with Gasteiger partial charge in [0.25, 0.3) is 11.1 Å². The van der Waals surface area contributed by atoms with Crippen LogP contribution in [0.5, 0.6) is 46.0 Å². The summed E-state index contributed by atoms with van der Waals surface area (Å²) >= 11 is 5.56. The zero-order valence-electron chi connectivity index (χ0n) is 44.8. The van der Waals surface area contributed by atoms with E-state index in [2.05, 4.69) is 24.5 Å². The van der Waals surface area contributed by atoms with Crippen LogP contribution >= 0.6 is 19.4 Å². The fraction of sp³-hybridized carbons (Fsp3) is 0.250. The highest BCUT2D eigenvalue weighted by molar-refractivity contribution is 7.47. The first kappa shape index (κ1) is 59.1. The summed E-state index contributed by atoms with van der Waals surface area (Å²) in [4.78, 5) is 47.8. The molecule has 19 heteroatoms. The van der Waals surface area contributed by atoms with E-state index in [1.165, 1.54) is 6.07 Å². The molecule has 3 N–H and O–H groups in total. The van der Waals surface area contributed by atoms with Crippen molar-refractivity contribution in [2.24, 2.45) is 0 Å². The van der Waals surface area contributed by atoms with Crippen LogP contribution in [0.25, 0.3) is 0 Å². The maximum atomic E-state index is 13.3. The number of carbonyl (C=O) groups excluding carboxylic acids is 3. The van der Waals surface area contributed by atoms with Crippen molar-refractivity contribution in [3.8, 4) is 46.0 Å². The molecule has 17 nitrogen and oxygen atoms in total. The lowest BCUT2D eigenvalue weighted by atomic mass is 9.78.